The highest BCUT2D eigenvalue weighted by atomic mass is 16.6. The molecule has 0 atom stereocenters. The van der Waals surface area contributed by atoms with Crippen molar-refractivity contribution < 1.29 is 14.4 Å². The summed E-state index contributed by atoms with van der Waals surface area (Å²) in [4.78, 5) is 19.7. The third-order valence-corrected chi connectivity index (χ3v) is 5.37. The molecule has 3 aromatic carbocycles. The predicted octanol–water partition coefficient (Wildman–Crippen LogP) is 3.46. The van der Waals surface area contributed by atoms with Gasteiger partial charge in [-0.2, -0.15) is 0 Å². The first-order chi connectivity index (χ1) is 16.2. The maximum absolute atomic E-state index is 12.2. The summed E-state index contributed by atoms with van der Waals surface area (Å²) >= 11 is 0. The van der Waals surface area contributed by atoms with Crippen LogP contribution < -0.4 is 11.1 Å². The van der Waals surface area contributed by atoms with Crippen LogP contribution in [0.1, 0.15) is 11.1 Å². The molecule has 1 fully saturated rings. The van der Waals surface area contributed by atoms with E-state index in [2.05, 4.69) is 21.4 Å². The second kappa shape index (κ2) is 11.3. The van der Waals surface area contributed by atoms with Crippen molar-refractivity contribution in [3.8, 4) is 11.1 Å². The Morgan fingerprint density at radius 2 is 1.70 bits per heavy atom. The van der Waals surface area contributed by atoms with Crippen LogP contribution in [-0.4, -0.2) is 49.6 Å². The fraction of sp³-hybridized carbons (Fsp3) is 0.231. The Bertz CT molecular complexity index is 1080. The van der Waals surface area contributed by atoms with Crippen LogP contribution in [0.3, 0.4) is 0 Å². The van der Waals surface area contributed by atoms with Crippen molar-refractivity contribution in [2.24, 2.45) is 10.9 Å². The minimum Gasteiger partial charge on any atom is -0.384 e. The molecule has 33 heavy (non-hydrogen) atoms. The van der Waals surface area contributed by atoms with E-state index in [4.69, 9.17) is 15.3 Å². The number of nitrogens with one attached hydrogen (secondary N) is 1. The number of carbonyl (C=O) groups excluding carboxylic acids is 1. The van der Waals surface area contributed by atoms with E-state index in [1.54, 1.807) is 0 Å². The zero-order chi connectivity index (χ0) is 22.9. The molecule has 0 bridgehead atoms. The lowest BCUT2D eigenvalue weighted by Crippen LogP contribution is -2.35. The van der Waals surface area contributed by atoms with Crippen molar-refractivity contribution >= 4 is 17.4 Å². The Hall–Kier alpha value is -3.68. The van der Waals surface area contributed by atoms with E-state index < -0.39 is 0 Å². The van der Waals surface area contributed by atoms with E-state index in [9.17, 15) is 4.79 Å². The number of oxime groups is 1. The quantitative estimate of drug-likeness (QED) is 0.316. The maximum Gasteiger partial charge on any atom is 0.265 e. The number of carbonyl (C=O) groups is 1. The predicted molar refractivity (Wildman–Crippen MR) is 130 cm³/mol. The van der Waals surface area contributed by atoms with E-state index >= 15 is 0 Å². The SMILES string of the molecule is N/C(=N/OCC(=O)Nc1ccc(-c2ccccc2)cc1)c1cccc(CN2CCOCC2)c1. The second-order valence-electron chi connectivity index (χ2n) is 7.83. The maximum atomic E-state index is 12.2. The van der Waals surface area contributed by atoms with Gasteiger partial charge < -0.3 is 20.6 Å². The molecule has 1 heterocycles. The third-order valence-electron chi connectivity index (χ3n) is 5.37. The minimum absolute atomic E-state index is 0.228. The molecular formula is C26H28N4O3. The molecule has 7 nitrogen and oxygen atoms in total. The molecule has 0 spiro atoms. The third kappa shape index (κ3) is 6.65. The molecule has 0 aliphatic carbocycles. The number of amidine groups is 1. The molecule has 1 saturated heterocycles. The zero-order valence-corrected chi connectivity index (χ0v) is 18.4. The smallest absolute Gasteiger partial charge is 0.265 e. The van der Waals surface area contributed by atoms with Gasteiger partial charge in [-0.1, -0.05) is 65.8 Å². The number of amides is 1. The number of ether oxygens (including phenoxy) is 1. The molecule has 0 aromatic heterocycles. The summed E-state index contributed by atoms with van der Waals surface area (Å²) in [6, 6.07) is 25.6. The van der Waals surface area contributed by atoms with Crippen LogP contribution in [0.4, 0.5) is 5.69 Å². The lowest BCUT2D eigenvalue weighted by atomic mass is 10.1. The fourth-order valence-corrected chi connectivity index (χ4v) is 3.63. The number of nitrogens with zero attached hydrogens (tertiary/aromatic N) is 2. The fourth-order valence-electron chi connectivity index (χ4n) is 3.63. The summed E-state index contributed by atoms with van der Waals surface area (Å²) in [5.74, 6) is -0.0704. The molecule has 170 valence electrons. The van der Waals surface area contributed by atoms with E-state index in [0.717, 1.165) is 55.1 Å². The molecule has 4 rings (SSSR count). The highest BCUT2D eigenvalue weighted by molar-refractivity contribution is 5.97. The van der Waals surface area contributed by atoms with Gasteiger partial charge in [0.25, 0.3) is 5.91 Å². The van der Waals surface area contributed by atoms with Crippen molar-refractivity contribution in [3.05, 3.63) is 90.0 Å². The highest BCUT2D eigenvalue weighted by Crippen LogP contribution is 2.21. The lowest BCUT2D eigenvalue weighted by molar-refractivity contribution is -0.120. The van der Waals surface area contributed by atoms with Crippen LogP contribution >= 0.6 is 0 Å². The molecule has 7 heteroatoms. The van der Waals surface area contributed by atoms with E-state index in [1.807, 2.05) is 72.8 Å². The average Bonchev–Trinajstić information content (AvgIpc) is 2.86. The van der Waals surface area contributed by atoms with Crippen LogP contribution in [0.25, 0.3) is 11.1 Å². The molecule has 3 N–H and O–H groups in total. The van der Waals surface area contributed by atoms with Gasteiger partial charge in [0, 0.05) is 30.9 Å². The van der Waals surface area contributed by atoms with Crippen molar-refractivity contribution in [1.82, 2.24) is 4.90 Å². The first-order valence-electron chi connectivity index (χ1n) is 11.0. The van der Waals surface area contributed by atoms with Crippen molar-refractivity contribution in [2.45, 2.75) is 6.54 Å². The van der Waals surface area contributed by atoms with Crippen LogP contribution in [0.5, 0.6) is 0 Å². The summed E-state index contributed by atoms with van der Waals surface area (Å²) in [6.45, 7) is 3.96. The number of benzene rings is 3. The summed E-state index contributed by atoms with van der Waals surface area (Å²) < 4.78 is 5.39. The average molecular weight is 445 g/mol. The van der Waals surface area contributed by atoms with Gasteiger partial charge in [-0.25, -0.2) is 0 Å². The number of rotatable bonds is 8. The van der Waals surface area contributed by atoms with Gasteiger partial charge in [0.2, 0.25) is 0 Å². The van der Waals surface area contributed by atoms with Gasteiger partial charge in [-0.3, -0.25) is 9.69 Å². The largest absolute Gasteiger partial charge is 0.384 e. The molecule has 0 saturated carbocycles. The van der Waals surface area contributed by atoms with Gasteiger partial charge in [0.05, 0.1) is 13.2 Å². The molecule has 0 unspecified atom stereocenters. The standard InChI is InChI=1S/C26H28N4O3/c27-26(23-8-4-5-20(17-23)18-30-13-15-32-16-14-30)29-33-19-25(31)28-24-11-9-22(10-12-24)21-6-2-1-3-7-21/h1-12,17H,13-16,18-19H2,(H2,27,29)(H,28,31). The van der Waals surface area contributed by atoms with Gasteiger partial charge in [-0.15, -0.1) is 0 Å². The number of hydrogen-bond donors (Lipinski definition) is 2. The van der Waals surface area contributed by atoms with Crippen LogP contribution in [-0.2, 0) is 20.9 Å². The van der Waals surface area contributed by atoms with Gasteiger partial charge in [0.15, 0.2) is 12.4 Å². The molecule has 3 aromatic rings. The summed E-state index contributed by atoms with van der Waals surface area (Å²) in [7, 11) is 0. The Morgan fingerprint density at radius 3 is 2.45 bits per heavy atom. The number of morpholine rings is 1. The molecule has 0 radical (unpaired) electrons. The van der Waals surface area contributed by atoms with Crippen LogP contribution in [0, 0.1) is 0 Å². The molecule has 1 aliphatic heterocycles. The van der Waals surface area contributed by atoms with Gasteiger partial charge >= 0.3 is 0 Å². The van der Waals surface area contributed by atoms with Crippen LogP contribution in [0.2, 0.25) is 0 Å². The number of nitrogens with two attached hydrogens (primary N) is 1. The van der Waals surface area contributed by atoms with Gasteiger partial charge in [-0.05, 0) is 34.9 Å². The molecular weight excluding hydrogens is 416 g/mol. The first-order valence-corrected chi connectivity index (χ1v) is 11.0. The topological polar surface area (TPSA) is 89.2 Å². The van der Waals surface area contributed by atoms with E-state index in [-0.39, 0.29) is 18.3 Å². The Balaban J connectivity index is 1.27. The number of anilines is 1. The Morgan fingerprint density at radius 1 is 0.970 bits per heavy atom. The first kappa shape index (κ1) is 22.5. The summed E-state index contributed by atoms with van der Waals surface area (Å²) in [5.41, 5.74) is 10.9. The highest BCUT2D eigenvalue weighted by Gasteiger charge is 2.11. The molecule has 1 aliphatic rings. The Kier molecular flexibility index (Phi) is 7.68. The summed E-state index contributed by atoms with van der Waals surface area (Å²) in [5, 5.41) is 6.72. The summed E-state index contributed by atoms with van der Waals surface area (Å²) in [6.07, 6.45) is 0. The second-order valence-corrected chi connectivity index (χ2v) is 7.83. The van der Waals surface area contributed by atoms with Crippen molar-refractivity contribution in [1.29, 1.82) is 0 Å². The number of hydrogen-bond acceptors (Lipinski definition) is 5. The van der Waals surface area contributed by atoms with Crippen LogP contribution in [0.15, 0.2) is 84.0 Å². The van der Waals surface area contributed by atoms with Gasteiger partial charge in [0.1, 0.15) is 0 Å². The van der Waals surface area contributed by atoms with Crippen molar-refractivity contribution in [2.75, 3.05) is 38.2 Å². The Labute approximate surface area is 193 Å². The van der Waals surface area contributed by atoms with Crippen molar-refractivity contribution in [3.63, 3.8) is 0 Å². The zero-order valence-electron chi connectivity index (χ0n) is 18.4. The normalized spacial score (nSPS) is 14.6. The van der Waals surface area contributed by atoms with E-state index in [1.165, 1.54) is 0 Å². The monoisotopic (exact) mass is 444 g/mol. The lowest BCUT2D eigenvalue weighted by Gasteiger charge is -2.26. The minimum atomic E-state index is -0.305. The molecule has 1 amide bonds. The van der Waals surface area contributed by atoms with E-state index in [0.29, 0.717) is 5.69 Å².